The SMILES string of the molecule is CCN(CC)C(=O)N1CCN(S(=O)(=O)N=S(C)(C)=O)CC1. The molecular weight excluding hydrogens is 316 g/mol. The highest BCUT2D eigenvalue weighted by molar-refractivity contribution is 8.01. The molecule has 0 bridgehead atoms. The van der Waals surface area contributed by atoms with Gasteiger partial charge in [-0.15, -0.1) is 0 Å². The quantitative estimate of drug-likeness (QED) is 0.722. The van der Waals surface area contributed by atoms with Gasteiger partial charge in [-0.2, -0.15) is 12.7 Å². The van der Waals surface area contributed by atoms with Crippen LogP contribution in [0.2, 0.25) is 0 Å². The highest BCUT2D eigenvalue weighted by atomic mass is 32.3. The van der Waals surface area contributed by atoms with Crippen LogP contribution in [-0.2, 0) is 19.9 Å². The summed E-state index contributed by atoms with van der Waals surface area (Å²) < 4.78 is 40.1. The van der Waals surface area contributed by atoms with E-state index < -0.39 is 19.9 Å². The van der Waals surface area contributed by atoms with Crippen LogP contribution in [-0.4, -0.2) is 84.5 Å². The van der Waals surface area contributed by atoms with Crippen LogP contribution >= 0.6 is 0 Å². The Bertz CT molecular complexity index is 575. The van der Waals surface area contributed by atoms with Crippen molar-refractivity contribution in [2.24, 2.45) is 3.77 Å². The van der Waals surface area contributed by atoms with E-state index in [1.807, 2.05) is 13.8 Å². The number of rotatable bonds is 4. The maximum absolute atomic E-state index is 12.2. The topological polar surface area (TPSA) is 90.4 Å². The van der Waals surface area contributed by atoms with E-state index in [9.17, 15) is 17.4 Å². The summed E-state index contributed by atoms with van der Waals surface area (Å²) in [4.78, 5) is 15.5. The zero-order chi connectivity index (χ0) is 16.3. The molecule has 1 aliphatic rings. The van der Waals surface area contributed by atoms with Gasteiger partial charge in [0.1, 0.15) is 0 Å². The van der Waals surface area contributed by atoms with Crippen molar-refractivity contribution in [2.75, 3.05) is 51.8 Å². The Kier molecular flexibility index (Phi) is 6.00. The number of amides is 2. The van der Waals surface area contributed by atoms with Gasteiger partial charge in [-0.05, 0) is 13.8 Å². The molecule has 1 fully saturated rings. The smallest absolute Gasteiger partial charge is 0.325 e. The summed E-state index contributed by atoms with van der Waals surface area (Å²) in [5.74, 6) is 0. The number of hydrogen-bond donors (Lipinski definition) is 0. The number of carbonyl (C=O) groups is 1. The van der Waals surface area contributed by atoms with Crippen LogP contribution in [0.1, 0.15) is 13.8 Å². The molecule has 0 aliphatic carbocycles. The predicted molar refractivity (Wildman–Crippen MR) is 82.8 cm³/mol. The van der Waals surface area contributed by atoms with Crippen LogP contribution in [0.4, 0.5) is 4.79 Å². The van der Waals surface area contributed by atoms with Crippen molar-refractivity contribution in [3.63, 3.8) is 0 Å². The van der Waals surface area contributed by atoms with Gasteiger partial charge in [0.25, 0.3) is 0 Å². The summed E-state index contributed by atoms with van der Waals surface area (Å²) >= 11 is 0. The third-order valence-electron chi connectivity index (χ3n) is 3.14. The molecule has 0 aromatic rings. The molecule has 0 atom stereocenters. The first-order chi connectivity index (χ1) is 9.60. The second kappa shape index (κ2) is 6.93. The summed E-state index contributed by atoms with van der Waals surface area (Å²) in [6.07, 6.45) is 2.56. The minimum Gasteiger partial charge on any atom is -0.325 e. The Morgan fingerprint density at radius 3 is 1.90 bits per heavy atom. The molecule has 124 valence electrons. The molecule has 0 aromatic carbocycles. The first-order valence-corrected chi connectivity index (χ1v) is 10.6. The molecule has 10 heteroatoms. The third kappa shape index (κ3) is 5.11. The average molecular weight is 340 g/mol. The monoisotopic (exact) mass is 340 g/mol. The number of nitrogens with zero attached hydrogens (tertiary/aromatic N) is 4. The Labute approximate surface area is 127 Å². The van der Waals surface area contributed by atoms with Crippen molar-refractivity contribution in [1.29, 1.82) is 0 Å². The maximum Gasteiger partial charge on any atom is 0.330 e. The Hall–Kier alpha value is -0.870. The summed E-state index contributed by atoms with van der Waals surface area (Å²) in [6.45, 7) is 6.04. The van der Waals surface area contributed by atoms with Crippen molar-refractivity contribution in [2.45, 2.75) is 13.8 Å². The number of urea groups is 1. The summed E-state index contributed by atoms with van der Waals surface area (Å²) in [5, 5.41) is 0. The molecule has 2 amide bonds. The molecule has 21 heavy (non-hydrogen) atoms. The average Bonchev–Trinajstić information content (AvgIpc) is 2.37. The van der Waals surface area contributed by atoms with Gasteiger partial charge in [-0.25, -0.2) is 9.00 Å². The van der Waals surface area contributed by atoms with Crippen LogP contribution in [0.25, 0.3) is 0 Å². The molecule has 0 radical (unpaired) electrons. The fraction of sp³-hybridized carbons (Fsp3) is 0.909. The third-order valence-corrected chi connectivity index (χ3v) is 6.35. The lowest BCUT2D eigenvalue weighted by atomic mass is 10.4. The first-order valence-electron chi connectivity index (χ1n) is 6.83. The van der Waals surface area contributed by atoms with E-state index in [2.05, 4.69) is 3.77 Å². The van der Waals surface area contributed by atoms with Crippen LogP contribution in [0.5, 0.6) is 0 Å². The van der Waals surface area contributed by atoms with E-state index in [1.54, 1.807) is 9.80 Å². The minimum absolute atomic E-state index is 0.0798. The van der Waals surface area contributed by atoms with Gasteiger partial charge < -0.3 is 9.80 Å². The van der Waals surface area contributed by atoms with Gasteiger partial charge >= 0.3 is 16.2 Å². The molecule has 0 N–H and O–H groups in total. The van der Waals surface area contributed by atoms with Crippen LogP contribution in [0, 0.1) is 0 Å². The molecule has 0 aromatic heterocycles. The second-order valence-corrected chi connectivity index (χ2v) is 9.45. The van der Waals surface area contributed by atoms with Crippen molar-refractivity contribution in [1.82, 2.24) is 14.1 Å². The van der Waals surface area contributed by atoms with E-state index >= 15 is 0 Å². The van der Waals surface area contributed by atoms with Crippen LogP contribution < -0.4 is 0 Å². The summed E-state index contributed by atoms with van der Waals surface area (Å²) in [6, 6.07) is -0.0798. The van der Waals surface area contributed by atoms with E-state index in [0.717, 1.165) is 0 Å². The standard InChI is InChI=1S/C11H24N4O4S2/c1-5-13(6-2)11(16)14-7-9-15(10-8-14)21(18,19)12-20(3,4)17/h5-10H2,1-4H3. The molecule has 8 nitrogen and oxygen atoms in total. The molecule has 1 rings (SSSR count). The van der Waals surface area contributed by atoms with Gasteiger partial charge in [0.2, 0.25) is 0 Å². The molecule has 0 spiro atoms. The lowest BCUT2D eigenvalue weighted by Crippen LogP contribution is -2.53. The summed E-state index contributed by atoms with van der Waals surface area (Å²) in [7, 11) is -6.62. The number of carbonyl (C=O) groups excluding carboxylic acids is 1. The van der Waals surface area contributed by atoms with E-state index in [1.165, 1.54) is 16.8 Å². The molecule has 1 aliphatic heterocycles. The van der Waals surface area contributed by atoms with Gasteiger partial charge in [0, 0.05) is 51.8 Å². The van der Waals surface area contributed by atoms with Gasteiger partial charge in [-0.3, -0.25) is 0 Å². The zero-order valence-electron chi connectivity index (χ0n) is 13.0. The fourth-order valence-corrected chi connectivity index (χ4v) is 4.89. The second-order valence-electron chi connectivity index (χ2n) is 5.07. The van der Waals surface area contributed by atoms with Crippen molar-refractivity contribution in [3.05, 3.63) is 0 Å². The molecule has 1 heterocycles. The lowest BCUT2D eigenvalue weighted by molar-refractivity contribution is 0.138. The Morgan fingerprint density at radius 1 is 1.05 bits per heavy atom. The Balaban J connectivity index is 2.73. The van der Waals surface area contributed by atoms with Crippen LogP contribution in [0.15, 0.2) is 3.77 Å². The minimum atomic E-state index is -3.89. The van der Waals surface area contributed by atoms with Crippen molar-refractivity contribution < 1.29 is 17.4 Å². The van der Waals surface area contributed by atoms with Crippen molar-refractivity contribution in [3.8, 4) is 0 Å². The van der Waals surface area contributed by atoms with Crippen LogP contribution in [0.3, 0.4) is 0 Å². The predicted octanol–water partition coefficient (Wildman–Crippen LogP) is 0.0382. The Morgan fingerprint density at radius 2 is 1.52 bits per heavy atom. The highest BCUT2D eigenvalue weighted by Crippen LogP contribution is 2.12. The molecule has 0 unspecified atom stereocenters. The van der Waals surface area contributed by atoms with E-state index in [0.29, 0.717) is 26.2 Å². The maximum atomic E-state index is 12.2. The number of hydrogen-bond acceptors (Lipinski definition) is 4. The van der Waals surface area contributed by atoms with Gasteiger partial charge in [-0.1, -0.05) is 3.77 Å². The van der Waals surface area contributed by atoms with Crippen molar-refractivity contribution >= 4 is 26.0 Å². The molecule has 0 saturated carbocycles. The summed E-state index contributed by atoms with van der Waals surface area (Å²) in [5.41, 5.74) is 0. The highest BCUT2D eigenvalue weighted by Gasteiger charge is 2.30. The lowest BCUT2D eigenvalue weighted by Gasteiger charge is -2.35. The zero-order valence-corrected chi connectivity index (χ0v) is 14.6. The van der Waals surface area contributed by atoms with Gasteiger partial charge in [0.05, 0.1) is 9.73 Å². The normalized spacial score (nSPS) is 17.6. The fourth-order valence-electron chi connectivity index (χ4n) is 2.08. The van der Waals surface area contributed by atoms with Gasteiger partial charge in [0.15, 0.2) is 0 Å². The molecular formula is C11H24N4O4S2. The molecule has 1 saturated heterocycles. The van der Waals surface area contributed by atoms with E-state index in [4.69, 9.17) is 0 Å². The first kappa shape index (κ1) is 18.2. The van der Waals surface area contributed by atoms with E-state index in [-0.39, 0.29) is 19.1 Å². The number of piperazine rings is 1. The largest absolute Gasteiger partial charge is 0.330 e.